The molecule has 1 heterocycles. The van der Waals surface area contributed by atoms with Gasteiger partial charge in [0.05, 0.1) is 17.2 Å². The first-order valence-corrected chi connectivity index (χ1v) is 6.03. The summed E-state index contributed by atoms with van der Waals surface area (Å²) in [6.07, 6.45) is 1.29. The third-order valence-electron chi connectivity index (χ3n) is 2.60. The summed E-state index contributed by atoms with van der Waals surface area (Å²) in [5.41, 5.74) is 6.66. The summed E-state index contributed by atoms with van der Waals surface area (Å²) in [7, 11) is 0. The predicted octanol–water partition coefficient (Wildman–Crippen LogP) is 2.81. The number of aryl methyl sites for hydroxylation is 1. The molecule has 0 saturated carbocycles. The maximum Gasteiger partial charge on any atom is 0.250 e. The average Bonchev–Trinajstić information content (AvgIpc) is 2.42. The van der Waals surface area contributed by atoms with Gasteiger partial charge in [-0.3, -0.25) is 4.79 Å². The molecule has 2 N–H and O–H groups in total. The van der Waals surface area contributed by atoms with Gasteiger partial charge in [-0.1, -0.05) is 11.6 Å². The van der Waals surface area contributed by atoms with Crippen molar-refractivity contribution in [3.63, 3.8) is 0 Å². The van der Waals surface area contributed by atoms with E-state index in [4.69, 9.17) is 27.3 Å². The van der Waals surface area contributed by atoms with Gasteiger partial charge in [0.2, 0.25) is 11.8 Å². The van der Waals surface area contributed by atoms with Crippen molar-refractivity contribution in [1.82, 2.24) is 4.98 Å². The lowest BCUT2D eigenvalue weighted by Gasteiger charge is -2.09. The van der Waals surface area contributed by atoms with Crippen molar-refractivity contribution < 1.29 is 9.53 Å². The first kappa shape index (κ1) is 13.8. The summed E-state index contributed by atoms with van der Waals surface area (Å²) in [6.45, 7) is 1.81. The van der Waals surface area contributed by atoms with Crippen LogP contribution in [-0.4, -0.2) is 10.9 Å². The van der Waals surface area contributed by atoms with Crippen molar-refractivity contribution in [2.24, 2.45) is 5.73 Å². The molecular formula is C14H10ClN3O2. The average molecular weight is 288 g/mol. The monoisotopic (exact) mass is 287 g/mol. The van der Waals surface area contributed by atoms with Gasteiger partial charge in [0, 0.05) is 6.20 Å². The lowest BCUT2D eigenvalue weighted by Crippen LogP contribution is -2.11. The van der Waals surface area contributed by atoms with E-state index < -0.39 is 5.91 Å². The zero-order chi connectivity index (χ0) is 14.7. The number of aromatic nitrogens is 1. The van der Waals surface area contributed by atoms with E-state index in [1.54, 1.807) is 18.2 Å². The summed E-state index contributed by atoms with van der Waals surface area (Å²) in [5, 5.41) is 8.99. The van der Waals surface area contributed by atoms with Crippen LogP contribution >= 0.6 is 11.6 Å². The van der Waals surface area contributed by atoms with Gasteiger partial charge in [-0.15, -0.1) is 0 Å². The maximum absolute atomic E-state index is 11.0. The molecule has 0 radical (unpaired) electrons. The van der Waals surface area contributed by atoms with E-state index in [-0.39, 0.29) is 16.5 Å². The quantitative estimate of drug-likeness (QED) is 0.940. The van der Waals surface area contributed by atoms with Gasteiger partial charge in [0.25, 0.3) is 0 Å². The Labute approximate surface area is 120 Å². The number of nitrogens with two attached hydrogens (primary N) is 1. The van der Waals surface area contributed by atoms with Crippen LogP contribution in [0.1, 0.15) is 21.5 Å². The van der Waals surface area contributed by atoms with E-state index in [0.29, 0.717) is 11.3 Å². The third kappa shape index (κ3) is 2.87. The minimum atomic E-state index is -0.611. The highest BCUT2D eigenvalue weighted by Crippen LogP contribution is 2.29. The van der Waals surface area contributed by atoms with Gasteiger partial charge in [0.1, 0.15) is 10.8 Å². The van der Waals surface area contributed by atoms with E-state index in [1.165, 1.54) is 12.3 Å². The number of carbonyl (C=O) groups excluding carboxylic acids is 1. The van der Waals surface area contributed by atoms with Crippen LogP contribution < -0.4 is 10.5 Å². The van der Waals surface area contributed by atoms with Crippen LogP contribution in [0.15, 0.2) is 30.5 Å². The summed E-state index contributed by atoms with van der Waals surface area (Å²) in [4.78, 5) is 15.0. The molecule has 0 aliphatic carbocycles. The van der Waals surface area contributed by atoms with E-state index in [2.05, 4.69) is 4.98 Å². The lowest BCUT2D eigenvalue weighted by atomic mass is 10.1. The lowest BCUT2D eigenvalue weighted by molar-refractivity contribution is 0.1000. The molecule has 100 valence electrons. The predicted molar refractivity (Wildman–Crippen MR) is 73.7 cm³/mol. The number of ether oxygens (including phenoxy) is 1. The van der Waals surface area contributed by atoms with Gasteiger partial charge < -0.3 is 10.5 Å². The number of primary amides is 1. The maximum atomic E-state index is 11.0. The standard InChI is InChI=1S/C14H10ClN3O2/c1-8-4-9(6-16)2-3-12(8)20-14-11(15)5-10(7-18-14)13(17)19/h2-5,7H,1H3,(H2,17,19). The molecule has 0 aliphatic rings. The normalized spacial score (nSPS) is 9.85. The number of pyridine rings is 1. The number of benzene rings is 1. The van der Waals surface area contributed by atoms with Crippen molar-refractivity contribution in [2.75, 3.05) is 0 Å². The number of nitrogens with zero attached hydrogens (tertiary/aromatic N) is 2. The van der Waals surface area contributed by atoms with Crippen LogP contribution in [0.3, 0.4) is 0 Å². The van der Waals surface area contributed by atoms with Crippen LogP contribution in [0.5, 0.6) is 11.6 Å². The van der Waals surface area contributed by atoms with Crippen LogP contribution in [0.4, 0.5) is 0 Å². The number of hydrogen-bond donors (Lipinski definition) is 1. The van der Waals surface area contributed by atoms with Crippen molar-refractivity contribution >= 4 is 17.5 Å². The molecule has 5 nitrogen and oxygen atoms in total. The van der Waals surface area contributed by atoms with Gasteiger partial charge in [-0.2, -0.15) is 5.26 Å². The van der Waals surface area contributed by atoms with E-state index >= 15 is 0 Å². The van der Waals surface area contributed by atoms with E-state index in [0.717, 1.165) is 5.56 Å². The number of nitriles is 1. The molecule has 0 saturated heterocycles. The fraction of sp³-hybridized carbons (Fsp3) is 0.0714. The molecule has 0 spiro atoms. The third-order valence-corrected chi connectivity index (χ3v) is 2.87. The van der Waals surface area contributed by atoms with Gasteiger partial charge in [0.15, 0.2) is 0 Å². The molecule has 0 aliphatic heterocycles. The molecule has 0 unspecified atom stereocenters. The van der Waals surface area contributed by atoms with E-state index in [1.807, 2.05) is 13.0 Å². The largest absolute Gasteiger partial charge is 0.437 e. The Morgan fingerprint density at radius 2 is 2.20 bits per heavy atom. The summed E-state index contributed by atoms with van der Waals surface area (Å²) < 4.78 is 5.57. The Balaban J connectivity index is 2.31. The molecule has 0 bridgehead atoms. The molecule has 2 aromatic rings. The van der Waals surface area contributed by atoms with Crippen molar-refractivity contribution in [1.29, 1.82) is 5.26 Å². The SMILES string of the molecule is Cc1cc(C#N)ccc1Oc1ncc(C(N)=O)cc1Cl. The summed E-state index contributed by atoms with van der Waals surface area (Å²) in [6, 6.07) is 8.42. The minimum absolute atomic E-state index is 0.171. The number of amides is 1. The topological polar surface area (TPSA) is 89.0 Å². The second kappa shape index (κ2) is 5.59. The summed E-state index contributed by atoms with van der Waals surface area (Å²) >= 11 is 5.99. The van der Waals surface area contributed by atoms with Gasteiger partial charge >= 0.3 is 0 Å². The molecule has 1 aromatic carbocycles. The fourth-order valence-electron chi connectivity index (χ4n) is 1.57. The van der Waals surface area contributed by atoms with Crippen molar-refractivity contribution in [2.45, 2.75) is 6.92 Å². The Hall–Kier alpha value is -2.58. The Kier molecular flexibility index (Phi) is 3.87. The van der Waals surface area contributed by atoms with Crippen LogP contribution in [-0.2, 0) is 0 Å². The van der Waals surface area contributed by atoms with E-state index in [9.17, 15) is 4.79 Å². The van der Waals surface area contributed by atoms with Gasteiger partial charge in [-0.25, -0.2) is 4.98 Å². The molecule has 0 atom stereocenters. The Bertz CT molecular complexity index is 723. The molecule has 6 heteroatoms. The summed E-state index contributed by atoms with van der Waals surface area (Å²) in [5.74, 6) is 0.0928. The Morgan fingerprint density at radius 3 is 2.75 bits per heavy atom. The molecule has 1 amide bonds. The number of halogens is 1. The molecular weight excluding hydrogens is 278 g/mol. The Morgan fingerprint density at radius 1 is 1.45 bits per heavy atom. The highest BCUT2D eigenvalue weighted by Gasteiger charge is 2.10. The first-order chi connectivity index (χ1) is 9.51. The number of carbonyl (C=O) groups is 1. The van der Waals surface area contributed by atoms with Gasteiger partial charge in [-0.05, 0) is 36.8 Å². The second-order valence-corrected chi connectivity index (χ2v) is 4.48. The first-order valence-electron chi connectivity index (χ1n) is 5.65. The zero-order valence-electron chi connectivity index (χ0n) is 10.6. The van der Waals surface area contributed by atoms with Crippen LogP contribution in [0.2, 0.25) is 5.02 Å². The van der Waals surface area contributed by atoms with Crippen LogP contribution in [0.25, 0.3) is 0 Å². The van der Waals surface area contributed by atoms with Crippen LogP contribution in [0, 0.1) is 18.3 Å². The number of rotatable bonds is 3. The van der Waals surface area contributed by atoms with Crippen molar-refractivity contribution in [3.8, 4) is 17.7 Å². The smallest absolute Gasteiger partial charge is 0.250 e. The van der Waals surface area contributed by atoms with Crippen molar-refractivity contribution in [3.05, 3.63) is 52.2 Å². The molecule has 1 aromatic heterocycles. The molecule has 20 heavy (non-hydrogen) atoms. The fourth-order valence-corrected chi connectivity index (χ4v) is 1.78. The zero-order valence-corrected chi connectivity index (χ0v) is 11.3. The number of hydrogen-bond acceptors (Lipinski definition) is 4. The second-order valence-electron chi connectivity index (χ2n) is 4.07. The molecule has 0 fully saturated rings. The minimum Gasteiger partial charge on any atom is -0.437 e. The highest BCUT2D eigenvalue weighted by atomic mass is 35.5. The molecule has 2 rings (SSSR count). The highest BCUT2D eigenvalue weighted by molar-refractivity contribution is 6.32.